The van der Waals surface area contributed by atoms with Crippen molar-refractivity contribution in [2.45, 2.75) is 19.3 Å². The maximum Gasteiger partial charge on any atom is 0.326 e. The van der Waals surface area contributed by atoms with Crippen LogP contribution >= 0.6 is 0 Å². The van der Waals surface area contributed by atoms with Crippen LogP contribution in [0.2, 0.25) is 0 Å². The molecule has 3 aromatic rings. The first-order valence-electron chi connectivity index (χ1n) is 9.88. The number of aromatic hydroxyl groups is 1. The molecule has 0 saturated heterocycles. The van der Waals surface area contributed by atoms with E-state index in [1.54, 1.807) is 19.1 Å². The minimum absolute atomic E-state index is 0.0467. The number of ether oxygens (including phenoxy) is 2. The molecule has 6 nitrogen and oxygen atoms in total. The molecule has 0 saturated carbocycles. The van der Waals surface area contributed by atoms with Crippen LogP contribution in [0, 0.1) is 0 Å². The number of nitrogens with zero attached hydrogens (tertiary/aromatic N) is 1. The van der Waals surface area contributed by atoms with E-state index in [2.05, 4.69) is 0 Å². The molecule has 0 radical (unpaired) electrons. The molecule has 1 aliphatic heterocycles. The second kappa shape index (κ2) is 8.06. The van der Waals surface area contributed by atoms with Gasteiger partial charge in [-0.2, -0.15) is 0 Å². The Morgan fingerprint density at radius 1 is 1.17 bits per heavy atom. The Morgan fingerprint density at radius 2 is 1.97 bits per heavy atom. The Balaban J connectivity index is 1.89. The molecule has 0 aliphatic carbocycles. The van der Waals surface area contributed by atoms with Crippen molar-refractivity contribution >= 4 is 28.3 Å². The molecular formula is C24H23NO5. The molecular weight excluding hydrogens is 382 g/mol. The third-order valence-corrected chi connectivity index (χ3v) is 5.47. The van der Waals surface area contributed by atoms with Crippen LogP contribution < -0.4 is 9.64 Å². The summed E-state index contributed by atoms with van der Waals surface area (Å²) in [6, 6.07) is 17.0. The number of phenolic OH excluding ortho intramolecular Hbond substituents is 1. The first-order chi connectivity index (χ1) is 14.5. The Bertz CT molecular complexity index is 1120. The molecule has 0 bridgehead atoms. The van der Waals surface area contributed by atoms with Crippen LogP contribution in [0.25, 0.3) is 10.8 Å². The van der Waals surface area contributed by atoms with Crippen LogP contribution in [0.3, 0.4) is 0 Å². The smallest absolute Gasteiger partial charge is 0.326 e. The van der Waals surface area contributed by atoms with Gasteiger partial charge in [0, 0.05) is 18.0 Å². The van der Waals surface area contributed by atoms with Gasteiger partial charge in [-0.25, -0.2) is 0 Å². The number of anilines is 1. The van der Waals surface area contributed by atoms with Crippen LogP contribution in [0.5, 0.6) is 11.5 Å². The van der Waals surface area contributed by atoms with Crippen LogP contribution in [0.1, 0.15) is 30.4 Å². The second-order valence-electron chi connectivity index (χ2n) is 7.19. The molecule has 1 atom stereocenters. The first kappa shape index (κ1) is 19.8. The minimum Gasteiger partial charge on any atom is -0.504 e. The molecule has 30 heavy (non-hydrogen) atoms. The van der Waals surface area contributed by atoms with Crippen molar-refractivity contribution in [1.29, 1.82) is 0 Å². The lowest BCUT2D eigenvalue weighted by Gasteiger charge is -2.35. The summed E-state index contributed by atoms with van der Waals surface area (Å²) in [6.45, 7) is 1.89. The second-order valence-corrected chi connectivity index (χ2v) is 7.19. The fraction of sp³-hybridized carbons (Fsp3) is 0.250. The fourth-order valence-corrected chi connectivity index (χ4v) is 4.11. The highest BCUT2D eigenvalue weighted by Gasteiger charge is 2.35. The van der Waals surface area contributed by atoms with Crippen LogP contribution in [-0.2, 0) is 14.3 Å². The number of carbonyl (C=O) groups is 2. The van der Waals surface area contributed by atoms with Gasteiger partial charge in [0.15, 0.2) is 11.5 Å². The Morgan fingerprint density at radius 3 is 2.73 bits per heavy atom. The van der Waals surface area contributed by atoms with Crippen molar-refractivity contribution in [3.63, 3.8) is 0 Å². The standard InChI is InChI=1S/C24H23NO5/c1-3-30-23(28)14-25-19-10-8-15-6-4-5-7-17(15)24(19)18(13-22(25)27)16-9-11-20(26)21(12-16)29-2/h4-12,18,26H,3,13-14H2,1-2H3. The normalized spacial score (nSPS) is 15.7. The molecule has 4 rings (SSSR count). The van der Waals surface area contributed by atoms with Crippen molar-refractivity contribution < 1.29 is 24.2 Å². The number of hydrogen-bond acceptors (Lipinski definition) is 5. The van der Waals surface area contributed by atoms with Gasteiger partial charge in [-0.3, -0.25) is 9.59 Å². The number of carbonyl (C=O) groups excluding carboxylic acids is 2. The van der Waals surface area contributed by atoms with Gasteiger partial charge in [-0.05, 0) is 47.0 Å². The Kier molecular flexibility index (Phi) is 5.31. The lowest BCUT2D eigenvalue weighted by molar-refractivity contribution is -0.142. The summed E-state index contributed by atoms with van der Waals surface area (Å²) in [5.74, 6) is -0.412. The maximum absolute atomic E-state index is 13.1. The number of amides is 1. The van der Waals surface area contributed by atoms with E-state index in [1.165, 1.54) is 12.0 Å². The topological polar surface area (TPSA) is 76.1 Å². The number of benzene rings is 3. The summed E-state index contributed by atoms with van der Waals surface area (Å²) < 4.78 is 10.3. The number of phenols is 1. The number of hydrogen-bond donors (Lipinski definition) is 1. The molecule has 1 aliphatic rings. The Hall–Kier alpha value is -3.54. The molecule has 6 heteroatoms. The predicted molar refractivity (Wildman–Crippen MR) is 114 cm³/mol. The molecule has 3 aromatic carbocycles. The molecule has 0 aromatic heterocycles. The molecule has 1 amide bonds. The van der Waals surface area contributed by atoms with Gasteiger partial charge in [0.25, 0.3) is 0 Å². The van der Waals surface area contributed by atoms with Gasteiger partial charge in [-0.1, -0.05) is 36.4 Å². The van der Waals surface area contributed by atoms with E-state index in [0.717, 1.165) is 21.9 Å². The molecule has 154 valence electrons. The number of methoxy groups -OCH3 is 1. The van der Waals surface area contributed by atoms with Crippen molar-refractivity contribution in [1.82, 2.24) is 0 Å². The average Bonchev–Trinajstić information content (AvgIpc) is 2.75. The zero-order valence-corrected chi connectivity index (χ0v) is 16.9. The summed E-state index contributed by atoms with van der Waals surface area (Å²) in [7, 11) is 1.50. The molecule has 1 unspecified atom stereocenters. The molecule has 1 heterocycles. The number of esters is 1. The largest absolute Gasteiger partial charge is 0.504 e. The lowest BCUT2D eigenvalue weighted by atomic mass is 9.81. The number of rotatable bonds is 5. The van der Waals surface area contributed by atoms with E-state index in [9.17, 15) is 14.7 Å². The predicted octanol–water partition coefficient (Wildman–Crippen LogP) is 3.99. The quantitative estimate of drug-likeness (QED) is 0.650. The maximum atomic E-state index is 13.1. The average molecular weight is 405 g/mol. The van der Waals surface area contributed by atoms with Gasteiger partial charge < -0.3 is 19.5 Å². The van der Waals surface area contributed by atoms with Crippen molar-refractivity contribution in [2.75, 3.05) is 25.2 Å². The minimum atomic E-state index is -0.435. The fourth-order valence-electron chi connectivity index (χ4n) is 4.11. The van der Waals surface area contributed by atoms with E-state index in [4.69, 9.17) is 9.47 Å². The van der Waals surface area contributed by atoms with Crippen LogP contribution in [0.15, 0.2) is 54.6 Å². The summed E-state index contributed by atoms with van der Waals surface area (Å²) >= 11 is 0. The van der Waals surface area contributed by atoms with Gasteiger partial charge in [-0.15, -0.1) is 0 Å². The van der Waals surface area contributed by atoms with Gasteiger partial charge in [0.1, 0.15) is 6.54 Å². The van der Waals surface area contributed by atoms with Gasteiger partial charge in [0.05, 0.1) is 13.7 Å². The zero-order valence-electron chi connectivity index (χ0n) is 16.9. The van der Waals surface area contributed by atoms with E-state index in [1.807, 2.05) is 42.5 Å². The van der Waals surface area contributed by atoms with Crippen LogP contribution in [0.4, 0.5) is 5.69 Å². The SMILES string of the molecule is CCOC(=O)CN1C(=O)CC(c2ccc(O)c(OC)c2)c2c1ccc1ccccc21. The van der Waals surface area contributed by atoms with Crippen molar-refractivity contribution in [2.24, 2.45) is 0 Å². The Labute approximate surface area is 174 Å². The zero-order chi connectivity index (χ0) is 21.3. The monoisotopic (exact) mass is 405 g/mol. The van der Waals surface area contributed by atoms with E-state index >= 15 is 0 Å². The highest BCUT2D eigenvalue weighted by atomic mass is 16.5. The highest BCUT2D eigenvalue weighted by Crippen LogP contribution is 2.45. The molecule has 0 spiro atoms. The third kappa shape index (κ3) is 3.45. The summed E-state index contributed by atoms with van der Waals surface area (Å²) in [5, 5.41) is 12.1. The lowest BCUT2D eigenvalue weighted by Crippen LogP contribution is -2.41. The third-order valence-electron chi connectivity index (χ3n) is 5.47. The number of fused-ring (bicyclic) bond motifs is 3. The molecule has 0 fully saturated rings. The van der Waals surface area contributed by atoms with Crippen LogP contribution in [-0.4, -0.2) is 37.2 Å². The van der Waals surface area contributed by atoms with E-state index in [-0.39, 0.29) is 37.1 Å². The summed E-state index contributed by atoms with van der Waals surface area (Å²) in [6.07, 6.45) is 0.203. The van der Waals surface area contributed by atoms with E-state index < -0.39 is 5.97 Å². The van der Waals surface area contributed by atoms with E-state index in [0.29, 0.717) is 11.4 Å². The van der Waals surface area contributed by atoms with Crippen molar-refractivity contribution in [3.05, 3.63) is 65.7 Å². The van der Waals surface area contributed by atoms with Crippen molar-refractivity contribution in [3.8, 4) is 11.5 Å². The van der Waals surface area contributed by atoms with Gasteiger partial charge in [0.2, 0.25) is 5.91 Å². The first-order valence-corrected chi connectivity index (χ1v) is 9.88. The van der Waals surface area contributed by atoms with Gasteiger partial charge >= 0.3 is 5.97 Å². The molecule has 1 N–H and O–H groups in total. The highest BCUT2D eigenvalue weighted by molar-refractivity contribution is 6.05. The summed E-state index contributed by atoms with van der Waals surface area (Å²) in [5.41, 5.74) is 2.55. The summed E-state index contributed by atoms with van der Waals surface area (Å²) in [4.78, 5) is 26.7.